The maximum absolute atomic E-state index is 13.3. The SMILES string of the molecule is CC(C)C[C@@H]1NC(=O)[C@@H](Cc2ccccc2)CCCC[C@@H]2CNC(=O)[C@@H]2C[C@@H](C=O)NC1=O. The molecule has 0 saturated carbocycles. The lowest BCUT2D eigenvalue weighted by molar-refractivity contribution is -0.132. The van der Waals surface area contributed by atoms with E-state index in [1.54, 1.807) is 0 Å². The zero-order valence-electron chi connectivity index (χ0n) is 19.7. The van der Waals surface area contributed by atoms with Crippen LogP contribution in [0.15, 0.2) is 30.3 Å². The van der Waals surface area contributed by atoms with Crippen LogP contribution in [0.25, 0.3) is 0 Å². The maximum atomic E-state index is 13.3. The number of benzene rings is 1. The zero-order valence-corrected chi connectivity index (χ0v) is 19.7. The van der Waals surface area contributed by atoms with Crippen molar-refractivity contribution < 1.29 is 19.2 Å². The molecule has 0 unspecified atom stereocenters. The molecule has 0 bridgehead atoms. The van der Waals surface area contributed by atoms with Crippen LogP contribution >= 0.6 is 0 Å². The Morgan fingerprint density at radius 2 is 1.70 bits per heavy atom. The Morgan fingerprint density at radius 1 is 0.970 bits per heavy atom. The molecule has 2 aliphatic rings. The summed E-state index contributed by atoms with van der Waals surface area (Å²) in [5, 5.41) is 8.69. The van der Waals surface area contributed by atoms with Gasteiger partial charge in [0, 0.05) is 18.4 Å². The van der Waals surface area contributed by atoms with Crippen LogP contribution in [0.2, 0.25) is 0 Å². The summed E-state index contributed by atoms with van der Waals surface area (Å²) in [5.41, 5.74) is 1.09. The first kappa shape index (κ1) is 24.9. The number of rotatable bonds is 5. The molecule has 2 fully saturated rings. The van der Waals surface area contributed by atoms with E-state index in [2.05, 4.69) is 16.0 Å². The third-order valence-corrected chi connectivity index (χ3v) is 6.86. The minimum atomic E-state index is -0.747. The minimum absolute atomic E-state index is 0.0396. The average molecular weight is 456 g/mol. The second kappa shape index (κ2) is 12.0. The van der Waals surface area contributed by atoms with Crippen LogP contribution in [-0.4, -0.2) is 42.6 Å². The highest BCUT2D eigenvalue weighted by Crippen LogP contribution is 2.29. The lowest BCUT2D eigenvalue weighted by Gasteiger charge is -2.27. The lowest BCUT2D eigenvalue weighted by Crippen LogP contribution is -2.52. The van der Waals surface area contributed by atoms with Gasteiger partial charge in [-0.05, 0) is 49.5 Å². The fourth-order valence-electron chi connectivity index (χ4n) is 5.04. The third-order valence-electron chi connectivity index (χ3n) is 6.86. The molecule has 0 spiro atoms. The molecule has 33 heavy (non-hydrogen) atoms. The molecule has 2 saturated heterocycles. The molecule has 2 heterocycles. The molecule has 180 valence electrons. The van der Waals surface area contributed by atoms with Crippen molar-refractivity contribution >= 4 is 24.0 Å². The number of nitrogens with one attached hydrogen (secondary N) is 3. The predicted octanol–water partition coefficient (Wildman–Crippen LogP) is 2.39. The van der Waals surface area contributed by atoms with Gasteiger partial charge >= 0.3 is 0 Å². The Hall–Kier alpha value is -2.70. The molecule has 5 atom stereocenters. The Labute approximate surface area is 196 Å². The second-order valence-corrected chi connectivity index (χ2v) is 9.96. The molecule has 3 amide bonds. The van der Waals surface area contributed by atoms with Crippen LogP contribution in [0, 0.1) is 23.7 Å². The molecule has 7 nitrogen and oxygen atoms in total. The van der Waals surface area contributed by atoms with Gasteiger partial charge in [-0.3, -0.25) is 14.4 Å². The first-order chi connectivity index (χ1) is 15.9. The van der Waals surface area contributed by atoms with Crippen LogP contribution in [0.4, 0.5) is 0 Å². The van der Waals surface area contributed by atoms with Crippen LogP contribution in [0.5, 0.6) is 0 Å². The van der Waals surface area contributed by atoms with E-state index < -0.39 is 12.1 Å². The molecule has 0 aliphatic carbocycles. The molecule has 0 radical (unpaired) electrons. The Kier molecular flexibility index (Phi) is 9.03. The summed E-state index contributed by atoms with van der Waals surface area (Å²) in [6.07, 6.45) is 5.48. The van der Waals surface area contributed by atoms with Crippen LogP contribution in [0.3, 0.4) is 0 Å². The van der Waals surface area contributed by atoms with E-state index >= 15 is 0 Å². The zero-order chi connectivity index (χ0) is 23.8. The smallest absolute Gasteiger partial charge is 0.243 e. The topological polar surface area (TPSA) is 104 Å². The quantitative estimate of drug-likeness (QED) is 0.593. The summed E-state index contributed by atoms with van der Waals surface area (Å²) in [7, 11) is 0. The molecule has 7 heteroatoms. The van der Waals surface area contributed by atoms with E-state index in [4.69, 9.17) is 0 Å². The predicted molar refractivity (Wildman–Crippen MR) is 126 cm³/mol. The molecular formula is C26H37N3O4. The van der Waals surface area contributed by atoms with Gasteiger partial charge in [0.25, 0.3) is 0 Å². The Bertz CT molecular complexity index is 826. The standard InChI is InChI=1S/C26H37N3O4/c1-17(2)12-23-26(33)28-21(16-30)14-22-20(15-27-25(22)32)11-7-6-10-19(24(31)29-23)13-18-8-4-3-5-9-18/h3-5,8-9,16-17,19-23H,6-7,10-15H2,1-2H3,(H,27,32)(H,28,33)(H,29,31)/t19-,20-,21+,22-,23+/m1/s1. The monoisotopic (exact) mass is 455 g/mol. The van der Waals surface area contributed by atoms with Crippen molar-refractivity contribution in [1.29, 1.82) is 0 Å². The van der Waals surface area contributed by atoms with Gasteiger partial charge < -0.3 is 20.7 Å². The van der Waals surface area contributed by atoms with Gasteiger partial charge in [0.05, 0.1) is 6.04 Å². The number of fused-ring (bicyclic) bond motifs is 1. The molecule has 3 rings (SSSR count). The van der Waals surface area contributed by atoms with Crippen molar-refractivity contribution in [3.8, 4) is 0 Å². The van der Waals surface area contributed by atoms with Crippen LogP contribution in [0.1, 0.15) is 57.9 Å². The van der Waals surface area contributed by atoms with Gasteiger partial charge in [0.15, 0.2) is 0 Å². The highest BCUT2D eigenvalue weighted by molar-refractivity contribution is 5.90. The van der Waals surface area contributed by atoms with E-state index in [0.29, 0.717) is 32.1 Å². The molecule has 3 N–H and O–H groups in total. The van der Waals surface area contributed by atoms with E-state index in [9.17, 15) is 19.2 Å². The third kappa shape index (κ3) is 7.14. The van der Waals surface area contributed by atoms with Crippen molar-refractivity contribution in [2.24, 2.45) is 23.7 Å². The van der Waals surface area contributed by atoms with Crippen molar-refractivity contribution in [1.82, 2.24) is 16.0 Å². The first-order valence-corrected chi connectivity index (χ1v) is 12.2. The summed E-state index contributed by atoms with van der Waals surface area (Å²) in [5.74, 6) is -0.697. The number of hydrogen-bond donors (Lipinski definition) is 3. The molecule has 2 aliphatic heterocycles. The van der Waals surface area contributed by atoms with Crippen molar-refractivity contribution in [3.63, 3.8) is 0 Å². The number of amides is 3. The van der Waals surface area contributed by atoms with E-state index in [1.165, 1.54) is 0 Å². The van der Waals surface area contributed by atoms with Gasteiger partial charge in [0.1, 0.15) is 12.3 Å². The minimum Gasteiger partial charge on any atom is -0.356 e. The van der Waals surface area contributed by atoms with Crippen LogP contribution in [-0.2, 0) is 25.6 Å². The largest absolute Gasteiger partial charge is 0.356 e. The number of hydrogen-bond acceptors (Lipinski definition) is 4. The van der Waals surface area contributed by atoms with Gasteiger partial charge in [-0.15, -0.1) is 0 Å². The lowest BCUT2D eigenvalue weighted by atomic mass is 9.84. The van der Waals surface area contributed by atoms with Crippen molar-refractivity contribution in [2.45, 2.75) is 70.9 Å². The van der Waals surface area contributed by atoms with Gasteiger partial charge in [-0.25, -0.2) is 0 Å². The second-order valence-electron chi connectivity index (χ2n) is 9.96. The Balaban J connectivity index is 1.82. The average Bonchev–Trinajstić information content (AvgIpc) is 3.13. The molecule has 1 aromatic rings. The van der Waals surface area contributed by atoms with E-state index in [0.717, 1.165) is 31.2 Å². The maximum Gasteiger partial charge on any atom is 0.243 e. The van der Waals surface area contributed by atoms with Gasteiger partial charge in [-0.2, -0.15) is 0 Å². The number of carbonyl (C=O) groups is 4. The molecule has 1 aromatic carbocycles. The number of carbonyl (C=O) groups excluding carboxylic acids is 4. The van der Waals surface area contributed by atoms with Gasteiger partial charge in [-0.1, -0.05) is 57.0 Å². The number of aldehydes is 1. The van der Waals surface area contributed by atoms with Crippen LogP contribution < -0.4 is 16.0 Å². The first-order valence-electron chi connectivity index (χ1n) is 12.2. The summed E-state index contributed by atoms with van der Waals surface area (Å²) in [6.45, 7) is 4.60. The normalized spacial score (nSPS) is 29.4. The van der Waals surface area contributed by atoms with Crippen molar-refractivity contribution in [3.05, 3.63) is 35.9 Å². The molecule has 0 aromatic heterocycles. The highest BCUT2D eigenvalue weighted by Gasteiger charge is 2.37. The summed E-state index contributed by atoms with van der Waals surface area (Å²) in [6, 6.07) is 8.47. The highest BCUT2D eigenvalue weighted by atomic mass is 16.2. The fourth-order valence-corrected chi connectivity index (χ4v) is 5.04. The summed E-state index contributed by atoms with van der Waals surface area (Å²) < 4.78 is 0. The fraction of sp³-hybridized carbons (Fsp3) is 0.615. The summed E-state index contributed by atoms with van der Waals surface area (Å²) in [4.78, 5) is 50.5. The van der Waals surface area contributed by atoms with E-state index in [-0.39, 0.29) is 41.4 Å². The van der Waals surface area contributed by atoms with Crippen molar-refractivity contribution in [2.75, 3.05) is 6.54 Å². The van der Waals surface area contributed by atoms with Gasteiger partial charge in [0.2, 0.25) is 17.7 Å². The Morgan fingerprint density at radius 3 is 2.39 bits per heavy atom. The van der Waals surface area contributed by atoms with E-state index in [1.807, 2.05) is 44.2 Å². The summed E-state index contributed by atoms with van der Waals surface area (Å²) >= 11 is 0. The molecular weight excluding hydrogens is 418 g/mol.